The molecule has 27 heavy (non-hydrogen) atoms. The lowest BCUT2D eigenvalue weighted by Gasteiger charge is -2.19. The molecule has 0 spiro atoms. The predicted molar refractivity (Wildman–Crippen MR) is 101 cm³/mol. The van der Waals surface area contributed by atoms with Gasteiger partial charge in [0.05, 0.1) is 19.2 Å². The lowest BCUT2D eigenvalue weighted by Crippen LogP contribution is -2.45. The van der Waals surface area contributed by atoms with Crippen molar-refractivity contribution in [2.24, 2.45) is 5.92 Å². The number of nitrogens with one attached hydrogen (secondary N) is 1. The first kappa shape index (κ1) is 20.5. The molecule has 1 unspecified atom stereocenters. The van der Waals surface area contributed by atoms with Gasteiger partial charge in [-0.15, -0.1) is 0 Å². The van der Waals surface area contributed by atoms with Crippen LogP contribution in [-0.4, -0.2) is 44.8 Å². The number of amides is 1. The van der Waals surface area contributed by atoms with Crippen LogP contribution in [-0.2, 0) is 20.7 Å². The summed E-state index contributed by atoms with van der Waals surface area (Å²) < 4.78 is 6.42. The van der Waals surface area contributed by atoms with Crippen molar-refractivity contribution < 1.29 is 14.3 Å². The zero-order chi connectivity index (χ0) is 20.3. The van der Waals surface area contributed by atoms with Crippen molar-refractivity contribution in [1.29, 1.82) is 0 Å². The largest absolute Gasteiger partial charge is 0.467 e. The standard InChI is InChI=1S/C19H27N5O3/c1-10(2)17(18(26)27-7)22-16(25)9-15-13(5)23-24(14(15)6)19-20-11(3)8-12(4)21-19/h8,10,17H,9H2,1-7H3,(H,22,25). The molecule has 0 aliphatic heterocycles. The minimum atomic E-state index is -0.680. The van der Waals surface area contributed by atoms with Crippen LogP contribution < -0.4 is 5.32 Å². The highest BCUT2D eigenvalue weighted by Gasteiger charge is 2.26. The summed E-state index contributed by atoms with van der Waals surface area (Å²) in [4.78, 5) is 33.2. The van der Waals surface area contributed by atoms with Crippen molar-refractivity contribution in [1.82, 2.24) is 25.1 Å². The number of carbonyl (C=O) groups is 2. The molecule has 8 heteroatoms. The van der Waals surface area contributed by atoms with E-state index in [9.17, 15) is 9.59 Å². The van der Waals surface area contributed by atoms with Crippen LogP contribution in [0.1, 0.15) is 42.2 Å². The van der Waals surface area contributed by atoms with Crippen LogP contribution in [0.25, 0.3) is 5.95 Å². The molecule has 2 aromatic rings. The lowest BCUT2D eigenvalue weighted by molar-refractivity contribution is -0.146. The summed E-state index contributed by atoms with van der Waals surface area (Å²) in [7, 11) is 1.31. The summed E-state index contributed by atoms with van der Waals surface area (Å²) in [6, 6.07) is 1.21. The van der Waals surface area contributed by atoms with Gasteiger partial charge in [-0.05, 0) is 39.7 Å². The van der Waals surface area contributed by atoms with Crippen molar-refractivity contribution in [3.8, 4) is 5.95 Å². The molecule has 0 aromatic carbocycles. The van der Waals surface area contributed by atoms with E-state index in [-0.39, 0.29) is 18.2 Å². The minimum Gasteiger partial charge on any atom is -0.467 e. The van der Waals surface area contributed by atoms with Gasteiger partial charge in [-0.25, -0.2) is 19.4 Å². The predicted octanol–water partition coefficient (Wildman–Crippen LogP) is 1.75. The molecule has 2 rings (SSSR count). The van der Waals surface area contributed by atoms with Crippen molar-refractivity contribution in [3.63, 3.8) is 0 Å². The quantitative estimate of drug-likeness (QED) is 0.775. The van der Waals surface area contributed by atoms with Crippen LogP contribution in [0.3, 0.4) is 0 Å². The van der Waals surface area contributed by atoms with Gasteiger partial charge >= 0.3 is 5.97 Å². The Hall–Kier alpha value is -2.77. The van der Waals surface area contributed by atoms with Gasteiger partial charge in [0.25, 0.3) is 5.95 Å². The van der Waals surface area contributed by atoms with E-state index in [1.165, 1.54) is 7.11 Å². The number of aryl methyl sites for hydroxylation is 3. The van der Waals surface area contributed by atoms with Gasteiger partial charge in [0, 0.05) is 22.6 Å². The Bertz CT molecular complexity index is 837. The number of nitrogens with zero attached hydrogens (tertiary/aromatic N) is 4. The lowest BCUT2D eigenvalue weighted by atomic mass is 10.0. The average molecular weight is 373 g/mol. The van der Waals surface area contributed by atoms with Crippen LogP contribution in [0.5, 0.6) is 0 Å². The van der Waals surface area contributed by atoms with E-state index in [1.54, 1.807) is 4.68 Å². The Kier molecular flexibility index (Phi) is 6.30. The Morgan fingerprint density at radius 2 is 1.74 bits per heavy atom. The van der Waals surface area contributed by atoms with E-state index in [0.29, 0.717) is 5.95 Å². The van der Waals surface area contributed by atoms with Gasteiger partial charge < -0.3 is 10.1 Å². The molecule has 146 valence electrons. The number of hydrogen-bond donors (Lipinski definition) is 1. The van der Waals surface area contributed by atoms with Gasteiger partial charge in [0.1, 0.15) is 6.04 Å². The topological polar surface area (TPSA) is 99.0 Å². The summed E-state index contributed by atoms with van der Waals surface area (Å²) in [5.41, 5.74) is 4.02. The highest BCUT2D eigenvalue weighted by atomic mass is 16.5. The number of rotatable bonds is 6. The Balaban J connectivity index is 2.26. The number of methoxy groups -OCH3 is 1. The molecule has 2 heterocycles. The summed E-state index contributed by atoms with van der Waals surface area (Å²) in [5.74, 6) is -0.304. The second kappa shape index (κ2) is 8.28. The molecule has 0 saturated heterocycles. The molecule has 0 bridgehead atoms. The Morgan fingerprint density at radius 1 is 1.15 bits per heavy atom. The van der Waals surface area contributed by atoms with E-state index in [4.69, 9.17) is 4.74 Å². The van der Waals surface area contributed by atoms with Crippen LogP contribution in [0.4, 0.5) is 0 Å². The van der Waals surface area contributed by atoms with Gasteiger partial charge in [0.15, 0.2) is 0 Å². The average Bonchev–Trinajstić information content (AvgIpc) is 2.86. The monoisotopic (exact) mass is 373 g/mol. The smallest absolute Gasteiger partial charge is 0.328 e. The summed E-state index contributed by atoms with van der Waals surface area (Å²) in [5, 5.41) is 7.26. The van der Waals surface area contributed by atoms with E-state index < -0.39 is 12.0 Å². The molecule has 1 amide bonds. The van der Waals surface area contributed by atoms with Gasteiger partial charge in [-0.1, -0.05) is 13.8 Å². The van der Waals surface area contributed by atoms with E-state index in [1.807, 2.05) is 47.6 Å². The number of hydrogen-bond acceptors (Lipinski definition) is 6. The normalized spacial score (nSPS) is 12.1. The number of esters is 1. The molecule has 0 aliphatic rings. The molecule has 0 aliphatic carbocycles. The highest BCUT2D eigenvalue weighted by Crippen LogP contribution is 2.17. The zero-order valence-corrected chi connectivity index (χ0v) is 17.0. The van der Waals surface area contributed by atoms with E-state index in [2.05, 4.69) is 20.4 Å². The molecule has 0 fully saturated rings. The molecule has 8 nitrogen and oxygen atoms in total. The van der Waals surface area contributed by atoms with E-state index in [0.717, 1.165) is 28.3 Å². The Labute approximate surface area is 159 Å². The first-order valence-corrected chi connectivity index (χ1v) is 8.89. The third kappa shape index (κ3) is 4.69. The summed E-state index contributed by atoms with van der Waals surface area (Å²) in [6.07, 6.45) is 0.114. The molecule has 1 atom stereocenters. The first-order valence-electron chi connectivity index (χ1n) is 8.89. The first-order chi connectivity index (χ1) is 12.6. The fraction of sp³-hybridized carbons (Fsp3) is 0.526. The second-order valence-corrected chi connectivity index (χ2v) is 7.00. The van der Waals surface area contributed by atoms with Crippen LogP contribution in [0, 0.1) is 33.6 Å². The summed E-state index contributed by atoms with van der Waals surface area (Å²) >= 11 is 0. The maximum Gasteiger partial charge on any atom is 0.328 e. The SMILES string of the molecule is COC(=O)C(NC(=O)Cc1c(C)nn(-c2nc(C)cc(C)n2)c1C)C(C)C. The number of carbonyl (C=O) groups excluding carboxylic acids is 2. The number of aromatic nitrogens is 4. The highest BCUT2D eigenvalue weighted by molar-refractivity contribution is 5.86. The van der Waals surface area contributed by atoms with Crippen LogP contribution >= 0.6 is 0 Å². The minimum absolute atomic E-state index is 0.0741. The van der Waals surface area contributed by atoms with Crippen molar-refractivity contribution in [2.75, 3.05) is 7.11 Å². The number of ether oxygens (including phenoxy) is 1. The second-order valence-electron chi connectivity index (χ2n) is 7.00. The Morgan fingerprint density at radius 3 is 2.26 bits per heavy atom. The maximum absolute atomic E-state index is 12.5. The molecular formula is C19H27N5O3. The fourth-order valence-electron chi connectivity index (χ4n) is 2.94. The molecule has 1 N–H and O–H groups in total. The van der Waals surface area contributed by atoms with Gasteiger partial charge in [0.2, 0.25) is 5.91 Å². The third-order valence-electron chi connectivity index (χ3n) is 4.38. The zero-order valence-electron chi connectivity index (χ0n) is 17.0. The van der Waals surface area contributed by atoms with Crippen molar-refractivity contribution in [2.45, 2.75) is 54.0 Å². The molecule has 0 radical (unpaired) electrons. The van der Waals surface area contributed by atoms with E-state index >= 15 is 0 Å². The van der Waals surface area contributed by atoms with Crippen molar-refractivity contribution >= 4 is 11.9 Å². The van der Waals surface area contributed by atoms with Crippen LogP contribution in [0.2, 0.25) is 0 Å². The molecular weight excluding hydrogens is 346 g/mol. The fourth-order valence-corrected chi connectivity index (χ4v) is 2.94. The summed E-state index contributed by atoms with van der Waals surface area (Å²) in [6.45, 7) is 11.2. The maximum atomic E-state index is 12.5. The van der Waals surface area contributed by atoms with Gasteiger partial charge in [-0.2, -0.15) is 5.10 Å². The van der Waals surface area contributed by atoms with Crippen LogP contribution in [0.15, 0.2) is 6.07 Å². The van der Waals surface area contributed by atoms with Crippen molar-refractivity contribution in [3.05, 3.63) is 34.4 Å². The molecule has 0 saturated carbocycles. The molecule has 2 aromatic heterocycles. The van der Waals surface area contributed by atoms with Gasteiger partial charge in [-0.3, -0.25) is 4.79 Å². The third-order valence-corrected chi connectivity index (χ3v) is 4.38.